The molecule has 2 heterocycles. The Bertz CT molecular complexity index is 957. The number of ether oxygens (including phenoxy) is 4. The maximum absolute atomic E-state index is 12.7. The lowest BCUT2D eigenvalue weighted by Gasteiger charge is -2.37. The van der Waals surface area contributed by atoms with Crippen molar-refractivity contribution in [1.29, 1.82) is 0 Å². The van der Waals surface area contributed by atoms with Crippen molar-refractivity contribution in [2.45, 2.75) is 13.0 Å². The van der Waals surface area contributed by atoms with Gasteiger partial charge in [0, 0.05) is 19.7 Å². The molecule has 0 fully saturated rings. The van der Waals surface area contributed by atoms with E-state index in [0.29, 0.717) is 37.0 Å². The molecule has 0 aromatic heterocycles. The van der Waals surface area contributed by atoms with Gasteiger partial charge < -0.3 is 28.7 Å². The van der Waals surface area contributed by atoms with Crippen molar-refractivity contribution in [3.05, 3.63) is 48.0 Å². The van der Waals surface area contributed by atoms with Gasteiger partial charge >= 0.3 is 0 Å². The van der Waals surface area contributed by atoms with Crippen LogP contribution in [0.3, 0.4) is 0 Å². The highest BCUT2D eigenvalue weighted by Crippen LogP contribution is 2.40. The zero-order chi connectivity index (χ0) is 21.8. The fraction of sp³-hybridized carbons (Fsp3) is 0.375. The number of carbonyl (C=O) groups is 1. The van der Waals surface area contributed by atoms with Gasteiger partial charge in [-0.25, -0.2) is 0 Å². The minimum atomic E-state index is -0.0978. The molecule has 1 amide bonds. The summed E-state index contributed by atoms with van der Waals surface area (Å²) in [7, 11) is 3.37. The Kier molecular flexibility index (Phi) is 6.21. The molecule has 0 aliphatic carbocycles. The summed E-state index contributed by atoms with van der Waals surface area (Å²) in [5.74, 6) is 2.58. The van der Waals surface area contributed by atoms with Crippen molar-refractivity contribution in [2.24, 2.45) is 0 Å². The van der Waals surface area contributed by atoms with E-state index in [1.165, 1.54) is 0 Å². The van der Waals surface area contributed by atoms with Crippen LogP contribution in [0.5, 0.6) is 23.0 Å². The normalized spacial score (nSPS) is 17.1. The van der Waals surface area contributed by atoms with Crippen LogP contribution in [0.15, 0.2) is 42.5 Å². The predicted molar refractivity (Wildman–Crippen MR) is 119 cm³/mol. The summed E-state index contributed by atoms with van der Waals surface area (Å²) in [6.07, 6.45) is 3.22. The van der Waals surface area contributed by atoms with E-state index in [1.807, 2.05) is 30.3 Å². The van der Waals surface area contributed by atoms with E-state index in [-0.39, 0.29) is 12.0 Å². The largest absolute Gasteiger partial charge is 0.493 e. The number of methoxy groups -OCH3 is 1. The van der Waals surface area contributed by atoms with E-state index in [9.17, 15) is 4.79 Å². The molecule has 7 nitrogen and oxygen atoms in total. The molecule has 0 N–H and O–H groups in total. The molecule has 0 spiro atoms. The average Bonchev–Trinajstić information content (AvgIpc) is 2.81. The van der Waals surface area contributed by atoms with Crippen LogP contribution in [0.2, 0.25) is 0 Å². The maximum Gasteiger partial charge on any atom is 0.246 e. The fourth-order valence-corrected chi connectivity index (χ4v) is 3.85. The van der Waals surface area contributed by atoms with E-state index in [1.54, 1.807) is 31.2 Å². The Morgan fingerprint density at radius 1 is 1.23 bits per heavy atom. The number of nitrogens with zero attached hydrogens (tertiary/aromatic N) is 2. The molecule has 2 aromatic rings. The topological polar surface area (TPSA) is 60.5 Å². The number of benzene rings is 2. The van der Waals surface area contributed by atoms with Gasteiger partial charge in [0.15, 0.2) is 11.5 Å². The molecular formula is C24H28N2O5. The monoisotopic (exact) mass is 424 g/mol. The highest BCUT2D eigenvalue weighted by atomic mass is 16.6. The van der Waals surface area contributed by atoms with Crippen LogP contribution in [-0.2, 0) is 4.79 Å². The average molecular weight is 424 g/mol. The van der Waals surface area contributed by atoms with E-state index in [4.69, 9.17) is 18.9 Å². The van der Waals surface area contributed by atoms with Gasteiger partial charge in [-0.2, -0.15) is 0 Å². The minimum Gasteiger partial charge on any atom is -0.493 e. The standard InChI is InChI=1S/C24H28N2O5/c1-4-26-16-18(31-20-8-6-5-7-19(20)26)15-25(2)23(27)10-9-17-13-21(28-3)24-22(14-17)29-11-12-30-24/h5-10,13-14,18H,4,11-12,15-16H2,1-3H3/b10-9+/t18-/m1/s1. The number of hydrogen-bond acceptors (Lipinski definition) is 6. The van der Waals surface area contributed by atoms with Crippen LogP contribution >= 0.6 is 0 Å². The summed E-state index contributed by atoms with van der Waals surface area (Å²) in [5, 5.41) is 0. The van der Waals surface area contributed by atoms with E-state index >= 15 is 0 Å². The summed E-state index contributed by atoms with van der Waals surface area (Å²) < 4.78 is 22.8. The summed E-state index contributed by atoms with van der Waals surface area (Å²) >= 11 is 0. The maximum atomic E-state index is 12.7. The minimum absolute atomic E-state index is 0.0911. The van der Waals surface area contributed by atoms with Crippen LogP contribution < -0.4 is 23.8 Å². The molecule has 4 rings (SSSR count). The van der Waals surface area contributed by atoms with Gasteiger partial charge in [0.2, 0.25) is 11.7 Å². The van der Waals surface area contributed by atoms with Crippen molar-refractivity contribution in [2.75, 3.05) is 51.9 Å². The SMILES string of the molecule is CCN1C[C@@H](CN(C)C(=O)/C=C/c2cc(OC)c3c(c2)OCCO3)Oc2ccccc21. The summed E-state index contributed by atoms with van der Waals surface area (Å²) in [5.41, 5.74) is 1.91. The molecule has 0 radical (unpaired) electrons. The molecule has 2 aliphatic rings. The first-order valence-corrected chi connectivity index (χ1v) is 10.5. The molecule has 1 atom stereocenters. The first kappa shape index (κ1) is 20.9. The van der Waals surface area contributed by atoms with Crippen molar-refractivity contribution in [1.82, 2.24) is 4.90 Å². The third-order valence-corrected chi connectivity index (χ3v) is 5.43. The predicted octanol–water partition coefficient (Wildman–Crippen LogP) is 3.23. The van der Waals surface area contributed by atoms with Crippen LogP contribution in [0.4, 0.5) is 5.69 Å². The Hall–Kier alpha value is -3.35. The Morgan fingerprint density at radius 3 is 2.84 bits per heavy atom. The lowest BCUT2D eigenvalue weighted by atomic mass is 10.1. The van der Waals surface area contributed by atoms with Crippen molar-refractivity contribution in [3.63, 3.8) is 0 Å². The number of para-hydroxylation sites is 2. The molecule has 0 saturated heterocycles. The Balaban J connectivity index is 1.42. The third-order valence-electron chi connectivity index (χ3n) is 5.43. The zero-order valence-electron chi connectivity index (χ0n) is 18.2. The van der Waals surface area contributed by atoms with Crippen molar-refractivity contribution >= 4 is 17.7 Å². The molecular weight excluding hydrogens is 396 g/mol. The van der Waals surface area contributed by atoms with Gasteiger partial charge in [-0.3, -0.25) is 4.79 Å². The first-order valence-electron chi connectivity index (χ1n) is 10.5. The number of hydrogen-bond donors (Lipinski definition) is 0. The highest BCUT2D eigenvalue weighted by Gasteiger charge is 2.26. The molecule has 2 aliphatic heterocycles. The molecule has 7 heteroatoms. The van der Waals surface area contributed by atoms with Crippen molar-refractivity contribution in [3.8, 4) is 23.0 Å². The van der Waals surface area contributed by atoms with E-state index in [0.717, 1.165) is 30.1 Å². The van der Waals surface area contributed by atoms with Gasteiger partial charge in [0.1, 0.15) is 25.1 Å². The Morgan fingerprint density at radius 2 is 2.03 bits per heavy atom. The van der Waals surface area contributed by atoms with Crippen molar-refractivity contribution < 1.29 is 23.7 Å². The first-order chi connectivity index (χ1) is 15.1. The molecule has 164 valence electrons. The van der Waals surface area contributed by atoms with E-state index < -0.39 is 0 Å². The fourth-order valence-electron chi connectivity index (χ4n) is 3.85. The van der Waals surface area contributed by atoms with Crippen LogP contribution in [0.1, 0.15) is 12.5 Å². The lowest BCUT2D eigenvalue weighted by molar-refractivity contribution is -0.125. The number of fused-ring (bicyclic) bond motifs is 2. The second kappa shape index (κ2) is 9.20. The second-order valence-electron chi connectivity index (χ2n) is 7.55. The number of rotatable bonds is 6. The molecule has 2 aromatic carbocycles. The van der Waals surface area contributed by atoms with Crippen LogP contribution in [0, 0.1) is 0 Å². The Labute approximate surface area is 182 Å². The number of anilines is 1. The number of carbonyl (C=O) groups excluding carboxylic acids is 1. The van der Waals surface area contributed by atoms with Gasteiger partial charge in [0.25, 0.3) is 0 Å². The third kappa shape index (κ3) is 4.55. The molecule has 31 heavy (non-hydrogen) atoms. The number of likely N-dealkylation sites (N-methyl/N-ethyl adjacent to an activating group) is 2. The lowest BCUT2D eigenvalue weighted by Crippen LogP contribution is -2.46. The summed E-state index contributed by atoms with van der Waals surface area (Å²) in [4.78, 5) is 16.7. The van der Waals surface area contributed by atoms with E-state index in [2.05, 4.69) is 17.9 Å². The molecule has 0 unspecified atom stereocenters. The molecule has 0 saturated carbocycles. The van der Waals surface area contributed by atoms with Crippen LogP contribution in [0.25, 0.3) is 6.08 Å². The van der Waals surface area contributed by atoms with Gasteiger partial charge in [0.05, 0.1) is 25.9 Å². The van der Waals surface area contributed by atoms with Gasteiger partial charge in [-0.15, -0.1) is 0 Å². The molecule has 0 bridgehead atoms. The van der Waals surface area contributed by atoms with Gasteiger partial charge in [-0.1, -0.05) is 12.1 Å². The zero-order valence-corrected chi connectivity index (χ0v) is 18.2. The summed E-state index contributed by atoms with van der Waals surface area (Å²) in [6.45, 7) is 5.24. The van der Waals surface area contributed by atoms with Crippen LogP contribution in [-0.4, -0.2) is 63.9 Å². The number of amides is 1. The smallest absolute Gasteiger partial charge is 0.246 e. The second-order valence-corrected chi connectivity index (χ2v) is 7.55. The highest BCUT2D eigenvalue weighted by molar-refractivity contribution is 5.91. The van der Waals surface area contributed by atoms with Gasteiger partial charge in [-0.05, 0) is 42.8 Å². The summed E-state index contributed by atoms with van der Waals surface area (Å²) in [6, 6.07) is 11.7. The quantitative estimate of drug-likeness (QED) is 0.664.